The summed E-state index contributed by atoms with van der Waals surface area (Å²) in [6.45, 7) is 9.02. The molecule has 5 heteroatoms. The lowest BCUT2D eigenvalue weighted by molar-refractivity contribution is 0.157. The molecule has 5 nitrogen and oxygen atoms in total. The van der Waals surface area contributed by atoms with Gasteiger partial charge in [0.15, 0.2) is 5.82 Å². The molecule has 1 unspecified atom stereocenters. The van der Waals surface area contributed by atoms with Crippen molar-refractivity contribution < 1.29 is 4.52 Å². The molecule has 2 N–H and O–H groups in total. The summed E-state index contributed by atoms with van der Waals surface area (Å²) in [4.78, 5) is 6.73. The number of likely N-dealkylation sites (tertiary alicyclic amines) is 1. The zero-order valence-corrected chi connectivity index (χ0v) is 10.9. The molecule has 1 aliphatic rings. The van der Waals surface area contributed by atoms with Crippen molar-refractivity contribution in [2.24, 2.45) is 11.7 Å². The fourth-order valence-electron chi connectivity index (χ4n) is 2.20. The monoisotopic (exact) mass is 238 g/mol. The van der Waals surface area contributed by atoms with Crippen LogP contribution in [0.3, 0.4) is 0 Å². The normalized spacial score (nSPS) is 22.9. The molecular weight excluding hydrogens is 216 g/mol. The molecule has 2 heterocycles. The first-order valence-electron chi connectivity index (χ1n) is 6.29. The minimum absolute atomic E-state index is 0.531. The van der Waals surface area contributed by atoms with Gasteiger partial charge in [0.1, 0.15) is 0 Å². The van der Waals surface area contributed by atoms with Crippen LogP contribution in [0.5, 0.6) is 0 Å². The zero-order chi connectivity index (χ0) is 12.5. The summed E-state index contributed by atoms with van der Waals surface area (Å²) in [5, 5.41) is 3.93. The molecule has 2 rings (SSSR count). The summed E-state index contributed by atoms with van der Waals surface area (Å²) >= 11 is 0. The van der Waals surface area contributed by atoms with Gasteiger partial charge in [0.05, 0.1) is 12.1 Å². The molecule has 1 aromatic rings. The van der Waals surface area contributed by atoms with Gasteiger partial charge in [-0.2, -0.15) is 4.98 Å². The van der Waals surface area contributed by atoms with Crippen LogP contribution in [0.4, 0.5) is 0 Å². The van der Waals surface area contributed by atoms with E-state index in [0.717, 1.165) is 25.6 Å². The van der Waals surface area contributed by atoms with Crippen LogP contribution < -0.4 is 5.73 Å². The maximum Gasteiger partial charge on any atom is 0.240 e. The van der Waals surface area contributed by atoms with Crippen molar-refractivity contribution in [2.75, 3.05) is 13.1 Å². The van der Waals surface area contributed by atoms with E-state index < -0.39 is 5.54 Å². The maximum absolute atomic E-state index is 5.93. The second-order valence-corrected chi connectivity index (χ2v) is 5.72. The minimum atomic E-state index is -0.531. The highest BCUT2D eigenvalue weighted by Crippen LogP contribution is 2.18. The Morgan fingerprint density at radius 3 is 2.88 bits per heavy atom. The molecule has 0 aliphatic carbocycles. The van der Waals surface area contributed by atoms with Crippen molar-refractivity contribution in [3.8, 4) is 0 Å². The second kappa shape index (κ2) is 4.74. The van der Waals surface area contributed by atoms with E-state index in [1.807, 2.05) is 13.8 Å². The summed E-state index contributed by atoms with van der Waals surface area (Å²) < 4.78 is 5.25. The van der Waals surface area contributed by atoms with Crippen LogP contribution in [0.15, 0.2) is 4.52 Å². The van der Waals surface area contributed by atoms with E-state index in [-0.39, 0.29) is 0 Å². The summed E-state index contributed by atoms with van der Waals surface area (Å²) in [6.07, 6.45) is 2.58. The molecule has 0 aromatic carbocycles. The van der Waals surface area contributed by atoms with Gasteiger partial charge in [0, 0.05) is 6.54 Å². The van der Waals surface area contributed by atoms with Gasteiger partial charge >= 0.3 is 0 Å². The first kappa shape index (κ1) is 12.5. The molecule has 0 radical (unpaired) electrons. The first-order valence-corrected chi connectivity index (χ1v) is 6.29. The van der Waals surface area contributed by atoms with E-state index in [4.69, 9.17) is 10.3 Å². The highest BCUT2D eigenvalue weighted by molar-refractivity contribution is 4.99. The lowest BCUT2D eigenvalue weighted by Gasteiger charge is -2.29. The number of nitrogens with two attached hydrogens (primary N) is 1. The van der Waals surface area contributed by atoms with E-state index in [1.54, 1.807) is 0 Å². The first-order chi connectivity index (χ1) is 7.95. The Morgan fingerprint density at radius 1 is 1.53 bits per heavy atom. The highest BCUT2D eigenvalue weighted by Gasteiger charge is 2.23. The third-order valence-corrected chi connectivity index (χ3v) is 3.14. The van der Waals surface area contributed by atoms with Crippen LogP contribution in [0.1, 0.15) is 45.3 Å². The average molecular weight is 238 g/mol. The number of rotatable bonds is 3. The standard InChI is InChI=1S/C12H22N4O/c1-9-5-4-6-16(7-9)8-10-14-11(15-17-10)12(2,3)13/h9H,4-8,13H2,1-3H3. The van der Waals surface area contributed by atoms with Crippen LogP contribution in [-0.2, 0) is 12.1 Å². The molecule has 0 amide bonds. The van der Waals surface area contributed by atoms with Gasteiger partial charge in [-0.05, 0) is 39.2 Å². The zero-order valence-electron chi connectivity index (χ0n) is 10.9. The predicted molar refractivity (Wildman–Crippen MR) is 65.2 cm³/mol. The molecule has 1 aromatic heterocycles. The maximum atomic E-state index is 5.93. The molecule has 17 heavy (non-hydrogen) atoms. The molecule has 0 saturated carbocycles. The molecule has 0 spiro atoms. The lowest BCUT2D eigenvalue weighted by Crippen LogP contribution is -2.34. The van der Waals surface area contributed by atoms with Gasteiger partial charge < -0.3 is 10.3 Å². The van der Waals surface area contributed by atoms with Crippen molar-refractivity contribution in [3.05, 3.63) is 11.7 Å². The number of piperidine rings is 1. The third kappa shape index (κ3) is 3.26. The summed E-state index contributed by atoms with van der Waals surface area (Å²) in [7, 11) is 0. The Morgan fingerprint density at radius 2 is 2.29 bits per heavy atom. The number of hydrogen-bond acceptors (Lipinski definition) is 5. The predicted octanol–water partition coefficient (Wildman–Crippen LogP) is 1.50. The fourth-order valence-corrected chi connectivity index (χ4v) is 2.20. The van der Waals surface area contributed by atoms with E-state index in [2.05, 4.69) is 22.0 Å². The molecule has 1 fully saturated rings. The second-order valence-electron chi connectivity index (χ2n) is 5.72. The molecular formula is C12H22N4O. The van der Waals surface area contributed by atoms with Gasteiger partial charge in [-0.3, -0.25) is 4.90 Å². The SMILES string of the molecule is CC1CCCN(Cc2nc(C(C)(C)N)no2)C1. The minimum Gasteiger partial charge on any atom is -0.338 e. The van der Waals surface area contributed by atoms with Crippen molar-refractivity contribution in [1.82, 2.24) is 15.0 Å². The Kier molecular flexibility index (Phi) is 3.49. The number of nitrogens with zero attached hydrogens (tertiary/aromatic N) is 3. The molecule has 1 atom stereocenters. The van der Waals surface area contributed by atoms with E-state index in [0.29, 0.717) is 11.7 Å². The van der Waals surface area contributed by atoms with Gasteiger partial charge in [-0.25, -0.2) is 0 Å². The van der Waals surface area contributed by atoms with Gasteiger partial charge in [-0.1, -0.05) is 12.1 Å². The van der Waals surface area contributed by atoms with E-state index in [1.165, 1.54) is 12.8 Å². The largest absolute Gasteiger partial charge is 0.338 e. The van der Waals surface area contributed by atoms with Crippen LogP contribution in [0, 0.1) is 5.92 Å². The van der Waals surface area contributed by atoms with Crippen molar-refractivity contribution in [1.29, 1.82) is 0 Å². The molecule has 1 aliphatic heterocycles. The Hall–Kier alpha value is -0.940. The van der Waals surface area contributed by atoms with Gasteiger partial charge in [-0.15, -0.1) is 0 Å². The summed E-state index contributed by atoms with van der Waals surface area (Å²) in [6, 6.07) is 0. The van der Waals surface area contributed by atoms with Crippen LogP contribution in [0.25, 0.3) is 0 Å². The Balaban J connectivity index is 1.97. The molecule has 96 valence electrons. The number of hydrogen-bond donors (Lipinski definition) is 1. The van der Waals surface area contributed by atoms with Crippen LogP contribution in [0.2, 0.25) is 0 Å². The van der Waals surface area contributed by atoms with Gasteiger partial charge in [0.2, 0.25) is 5.89 Å². The Bertz CT molecular complexity index is 369. The summed E-state index contributed by atoms with van der Waals surface area (Å²) in [5.41, 5.74) is 5.40. The average Bonchev–Trinajstić information content (AvgIpc) is 2.65. The van der Waals surface area contributed by atoms with E-state index in [9.17, 15) is 0 Å². The van der Waals surface area contributed by atoms with Crippen LogP contribution >= 0.6 is 0 Å². The van der Waals surface area contributed by atoms with Gasteiger partial charge in [0.25, 0.3) is 0 Å². The quantitative estimate of drug-likeness (QED) is 0.864. The molecule has 0 bridgehead atoms. The molecule has 1 saturated heterocycles. The van der Waals surface area contributed by atoms with Crippen molar-refractivity contribution in [2.45, 2.75) is 45.7 Å². The third-order valence-electron chi connectivity index (χ3n) is 3.14. The summed E-state index contributed by atoms with van der Waals surface area (Å²) in [5.74, 6) is 2.02. The topological polar surface area (TPSA) is 68.2 Å². The fraction of sp³-hybridized carbons (Fsp3) is 0.833. The van der Waals surface area contributed by atoms with Crippen molar-refractivity contribution in [3.63, 3.8) is 0 Å². The Labute approximate surface area is 102 Å². The van der Waals surface area contributed by atoms with E-state index >= 15 is 0 Å². The van der Waals surface area contributed by atoms with Crippen molar-refractivity contribution >= 4 is 0 Å². The lowest BCUT2D eigenvalue weighted by atomic mass is 10.0. The number of aromatic nitrogens is 2. The highest BCUT2D eigenvalue weighted by atomic mass is 16.5. The van der Waals surface area contributed by atoms with Crippen LogP contribution in [-0.4, -0.2) is 28.1 Å². The smallest absolute Gasteiger partial charge is 0.240 e.